The Morgan fingerprint density at radius 3 is 2.71 bits per heavy atom. The molecule has 0 spiro atoms. The van der Waals surface area contributed by atoms with E-state index >= 15 is 0 Å². The molecule has 0 bridgehead atoms. The van der Waals surface area contributed by atoms with E-state index in [-0.39, 0.29) is 11.8 Å². The van der Waals surface area contributed by atoms with Gasteiger partial charge in [-0.3, -0.25) is 9.78 Å². The smallest absolute Gasteiger partial charge is 0.222 e. The maximum Gasteiger partial charge on any atom is 0.222 e. The molecule has 94 valence electrons. The molecule has 3 nitrogen and oxygen atoms in total. The molecule has 0 aliphatic carbocycles. The van der Waals surface area contributed by atoms with Gasteiger partial charge in [-0.1, -0.05) is 33.3 Å². The summed E-state index contributed by atoms with van der Waals surface area (Å²) in [7, 11) is 0. The van der Waals surface area contributed by atoms with Crippen LogP contribution in [0.1, 0.15) is 45.0 Å². The summed E-state index contributed by atoms with van der Waals surface area (Å²) in [6.45, 7) is 6.48. The minimum absolute atomic E-state index is 0.0262. The molecule has 1 rings (SSSR count). The number of nitrogens with zero attached hydrogens (tertiary/aromatic N) is 1. The van der Waals surface area contributed by atoms with Gasteiger partial charge in [0, 0.05) is 11.6 Å². The molecule has 0 unspecified atom stereocenters. The van der Waals surface area contributed by atoms with Gasteiger partial charge in [-0.2, -0.15) is 0 Å². The van der Waals surface area contributed by atoms with Crippen molar-refractivity contribution in [3.63, 3.8) is 0 Å². The molecule has 1 heterocycles. The van der Waals surface area contributed by atoms with Gasteiger partial charge in [-0.05, 0) is 25.0 Å². The Hall–Kier alpha value is -1.38. The number of carbonyl (C=O) groups excluding carboxylic acids is 1. The van der Waals surface area contributed by atoms with E-state index in [4.69, 9.17) is 0 Å². The SMILES string of the molecule is CCCCc1cccc(CNC(=O)C(C)C)n1. The number of hydrogen-bond donors (Lipinski definition) is 1. The lowest BCUT2D eigenvalue weighted by atomic mass is 10.2. The summed E-state index contributed by atoms with van der Waals surface area (Å²) >= 11 is 0. The molecule has 1 aromatic heterocycles. The van der Waals surface area contributed by atoms with E-state index in [1.807, 2.05) is 32.0 Å². The number of aromatic nitrogens is 1. The third-order valence-electron chi connectivity index (χ3n) is 2.62. The zero-order valence-electron chi connectivity index (χ0n) is 11.0. The first-order chi connectivity index (χ1) is 8.13. The Bertz CT molecular complexity index is 361. The first kappa shape index (κ1) is 13.7. The van der Waals surface area contributed by atoms with E-state index in [1.54, 1.807) is 0 Å². The van der Waals surface area contributed by atoms with E-state index in [1.165, 1.54) is 6.42 Å². The second kappa shape index (κ2) is 7.05. The maximum absolute atomic E-state index is 11.4. The highest BCUT2D eigenvalue weighted by Crippen LogP contribution is 2.04. The van der Waals surface area contributed by atoms with Gasteiger partial charge in [-0.25, -0.2) is 0 Å². The zero-order chi connectivity index (χ0) is 12.7. The van der Waals surface area contributed by atoms with Crippen LogP contribution in [0.3, 0.4) is 0 Å². The zero-order valence-corrected chi connectivity index (χ0v) is 11.0. The Kier molecular flexibility index (Phi) is 5.67. The highest BCUT2D eigenvalue weighted by atomic mass is 16.1. The third-order valence-corrected chi connectivity index (χ3v) is 2.62. The number of hydrogen-bond acceptors (Lipinski definition) is 2. The minimum atomic E-state index is 0.0262. The fourth-order valence-electron chi connectivity index (χ4n) is 1.51. The van der Waals surface area contributed by atoms with Crippen molar-refractivity contribution in [3.8, 4) is 0 Å². The van der Waals surface area contributed by atoms with E-state index < -0.39 is 0 Å². The number of amides is 1. The van der Waals surface area contributed by atoms with Crippen LogP contribution in [0.4, 0.5) is 0 Å². The molecule has 0 atom stereocenters. The summed E-state index contributed by atoms with van der Waals surface area (Å²) in [5, 5.41) is 2.88. The molecular formula is C14H22N2O. The van der Waals surface area contributed by atoms with Crippen LogP contribution in [0.15, 0.2) is 18.2 Å². The second-order valence-electron chi connectivity index (χ2n) is 4.60. The van der Waals surface area contributed by atoms with Crippen LogP contribution in [0.2, 0.25) is 0 Å². The number of rotatable bonds is 6. The van der Waals surface area contributed by atoms with Crippen molar-refractivity contribution in [2.24, 2.45) is 5.92 Å². The minimum Gasteiger partial charge on any atom is -0.350 e. The van der Waals surface area contributed by atoms with Crippen LogP contribution in [0.25, 0.3) is 0 Å². The predicted octanol–water partition coefficient (Wildman–Crippen LogP) is 2.70. The molecule has 0 aliphatic rings. The number of nitrogens with one attached hydrogen (secondary N) is 1. The molecule has 0 aromatic carbocycles. The van der Waals surface area contributed by atoms with Gasteiger partial charge >= 0.3 is 0 Å². The van der Waals surface area contributed by atoms with Gasteiger partial charge in [0.1, 0.15) is 0 Å². The number of pyridine rings is 1. The Morgan fingerprint density at radius 2 is 2.06 bits per heavy atom. The van der Waals surface area contributed by atoms with E-state index in [0.29, 0.717) is 6.54 Å². The van der Waals surface area contributed by atoms with E-state index in [2.05, 4.69) is 17.2 Å². The standard InChI is InChI=1S/C14H22N2O/c1-4-5-7-12-8-6-9-13(16-12)10-15-14(17)11(2)3/h6,8-9,11H,4-5,7,10H2,1-3H3,(H,15,17). The van der Waals surface area contributed by atoms with Gasteiger partial charge in [0.25, 0.3) is 0 Å². The summed E-state index contributed by atoms with van der Waals surface area (Å²) in [6.07, 6.45) is 3.35. The number of unbranched alkanes of at least 4 members (excludes halogenated alkanes) is 1. The molecule has 3 heteroatoms. The maximum atomic E-state index is 11.4. The normalized spacial score (nSPS) is 10.6. The van der Waals surface area contributed by atoms with Crippen LogP contribution in [-0.4, -0.2) is 10.9 Å². The van der Waals surface area contributed by atoms with Crippen LogP contribution in [-0.2, 0) is 17.8 Å². The van der Waals surface area contributed by atoms with Crippen molar-refractivity contribution in [1.29, 1.82) is 0 Å². The molecule has 1 amide bonds. The summed E-state index contributed by atoms with van der Waals surface area (Å²) < 4.78 is 0. The van der Waals surface area contributed by atoms with Crippen molar-refractivity contribution in [2.45, 2.75) is 46.6 Å². The third kappa shape index (κ3) is 4.98. The summed E-state index contributed by atoms with van der Waals surface area (Å²) in [5.41, 5.74) is 2.05. The van der Waals surface area contributed by atoms with Gasteiger partial charge in [0.2, 0.25) is 5.91 Å². The van der Waals surface area contributed by atoms with Crippen molar-refractivity contribution < 1.29 is 4.79 Å². The second-order valence-corrected chi connectivity index (χ2v) is 4.60. The lowest BCUT2D eigenvalue weighted by Gasteiger charge is -2.08. The molecule has 0 fully saturated rings. The van der Waals surface area contributed by atoms with E-state index in [9.17, 15) is 4.79 Å². The molecule has 0 aliphatic heterocycles. The quantitative estimate of drug-likeness (QED) is 0.822. The highest BCUT2D eigenvalue weighted by Gasteiger charge is 2.06. The van der Waals surface area contributed by atoms with Crippen LogP contribution in [0, 0.1) is 5.92 Å². The Morgan fingerprint density at radius 1 is 1.35 bits per heavy atom. The number of carbonyl (C=O) groups is 1. The molecule has 0 saturated heterocycles. The Balaban J connectivity index is 2.51. The van der Waals surface area contributed by atoms with Crippen LogP contribution < -0.4 is 5.32 Å². The fraction of sp³-hybridized carbons (Fsp3) is 0.571. The molecule has 1 aromatic rings. The molecular weight excluding hydrogens is 212 g/mol. The van der Waals surface area contributed by atoms with Gasteiger partial charge < -0.3 is 5.32 Å². The van der Waals surface area contributed by atoms with E-state index in [0.717, 1.165) is 24.2 Å². The van der Waals surface area contributed by atoms with Crippen molar-refractivity contribution in [2.75, 3.05) is 0 Å². The summed E-state index contributed by atoms with van der Waals surface area (Å²) in [6, 6.07) is 6.01. The Labute approximate surface area is 104 Å². The van der Waals surface area contributed by atoms with Crippen LogP contribution >= 0.6 is 0 Å². The molecule has 17 heavy (non-hydrogen) atoms. The summed E-state index contributed by atoms with van der Waals surface area (Å²) in [5.74, 6) is 0.101. The largest absolute Gasteiger partial charge is 0.350 e. The van der Waals surface area contributed by atoms with Crippen molar-refractivity contribution in [3.05, 3.63) is 29.6 Å². The molecule has 0 radical (unpaired) electrons. The van der Waals surface area contributed by atoms with Crippen LogP contribution in [0.5, 0.6) is 0 Å². The monoisotopic (exact) mass is 234 g/mol. The van der Waals surface area contributed by atoms with Crippen molar-refractivity contribution in [1.82, 2.24) is 10.3 Å². The van der Waals surface area contributed by atoms with Gasteiger partial charge in [0.15, 0.2) is 0 Å². The molecule has 1 N–H and O–H groups in total. The number of aryl methyl sites for hydroxylation is 1. The summed E-state index contributed by atoms with van der Waals surface area (Å²) in [4.78, 5) is 16.0. The molecule has 0 saturated carbocycles. The first-order valence-electron chi connectivity index (χ1n) is 6.36. The van der Waals surface area contributed by atoms with Crippen molar-refractivity contribution >= 4 is 5.91 Å². The highest BCUT2D eigenvalue weighted by molar-refractivity contribution is 5.77. The topological polar surface area (TPSA) is 42.0 Å². The van der Waals surface area contributed by atoms with Gasteiger partial charge in [0.05, 0.1) is 12.2 Å². The first-order valence-corrected chi connectivity index (χ1v) is 6.36. The van der Waals surface area contributed by atoms with Gasteiger partial charge in [-0.15, -0.1) is 0 Å². The average Bonchev–Trinajstić information content (AvgIpc) is 2.33. The average molecular weight is 234 g/mol. The lowest BCUT2D eigenvalue weighted by Crippen LogP contribution is -2.27. The lowest BCUT2D eigenvalue weighted by molar-refractivity contribution is -0.124. The fourth-order valence-corrected chi connectivity index (χ4v) is 1.51. The predicted molar refractivity (Wildman–Crippen MR) is 69.5 cm³/mol.